The standard InChI is InChI=1S/C12H8.C2H3Cl2NO/c1-2-4-12-10-7-5-9(6-8-10)11(12)3-1;3-1(4)2(5)6/h1-8H;1H,(H2,5,6). The lowest BCUT2D eigenvalue weighted by Crippen LogP contribution is -2.17. The number of alkyl halides is 2. The number of nitrogens with two attached hydrogens (primary N) is 1. The van der Waals surface area contributed by atoms with Crippen LogP contribution >= 0.6 is 23.2 Å². The number of halogens is 2. The van der Waals surface area contributed by atoms with Crippen LogP contribution in [0.2, 0.25) is 0 Å². The third-order valence-corrected chi connectivity index (χ3v) is 3.08. The molecule has 0 saturated heterocycles. The molecule has 0 radical (unpaired) electrons. The minimum absolute atomic E-state index is 0.710. The van der Waals surface area contributed by atoms with E-state index in [1.807, 2.05) is 0 Å². The molecule has 1 amide bonds. The van der Waals surface area contributed by atoms with Crippen LogP contribution in [0.5, 0.6) is 0 Å². The van der Waals surface area contributed by atoms with Crippen molar-refractivity contribution in [2.24, 2.45) is 5.73 Å². The van der Waals surface area contributed by atoms with Crippen molar-refractivity contribution >= 4 is 50.7 Å². The van der Waals surface area contributed by atoms with Crippen LogP contribution in [-0.2, 0) is 4.79 Å². The highest BCUT2D eigenvalue weighted by Gasteiger charge is 2.02. The summed E-state index contributed by atoms with van der Waals surface area (Å²) in [5.74, 6) is -0.710. The number of fused-ring (bicyclic) bond motifs is 2. The van der Waals surface area contributed by atoms with E-state index in [-0.39, 0.29) is 0 Å². The molecule has 18 heavy (non-hydrogen) atoms. The first-order valence-corrected chi connectivity index (χ1v) is 6.24. The maximum atomic E-state index is 9.66. The number of benzene rings is 4. The van der Waals surface area contributed by atoms with Gasteiger partial charge in [-0.25, -0.2) is 0 Å². The van der Waals surface area contributed by atoms with Crippen LogP contribution < -0.4 is 5.73 Å². The first-order valence-electron chi connectivity index (χ1n) is 5.37. The first-order chi connectivity index (χ1) is 8.59. The van der Waals surface area contributed by atoms with Gasteiger partial charge in [-0.15, -0.1) is 0 Å². The minimum Gasteiger partial charge on any atom is -0.367 e. The van der Waals surface area contributed by atoms with Crippen molar-refractivity contribution in [1.29, 1.82) is 0 Å². The highest BCUT2D eigenvalue weighted by molar-refractivity contribution is 6.53. The van der Waals surface area contributed by atoms with Crippen molar-refractivity contribution in [3.05, 3.63) is 48.5 Å². The molecule has 4 aromatic carbocycles. The molecule has 0 aliphatic heterocycles. The maximum absolute atomic E-state index is 9.66. The van der Waals surface area contributed by atoms with Gasteiger partial charge in [-0.2, -0.15) is 0 Å². The lowest BCUT2D eigenvalue weighted by Gasteiger charge is -2.04. The summed E-state index contributed by atoms with van der Waals surface area (Å²) >= 11 is 9.81. The Hall–Kier alpha value is -1.51. The largest absolute Gasteiger partial charge is 0.367 e. The van der Waals surface area contributed by atoms with Crippen LogP contribution in [0, 0.1) is 0 Å². The molecule has 0 atom stereocenters. The van der Waals surface area contributed by atoms with Crippen molar-refractivity contribution in [2.45, 2.75) is 4.84 Å². The Labute approximate surface area is 115 Å². The maximum Gasteiger partial charge on any atom is 0.250 e. The van der Waals surface area contributed by atoms with Gasteiger partial charge in [0.05, 0.1) is 0 Å². The average molecular weight is 280 g/mol. The zero-order chi connectivity index (χ0) is 13.1. The highest BCUT2D eigenvalue weighted by Crippen LogP contribution is 2.26. The molecule has 92 valence electrons. The minimum atomic E-state index is -1.06. The number of rotatable bonds is 1. The first kappa shape index (κ1) is 12.9. The van der Waals surface area contributed by atoms with E-state index < -0.39 is 10.7 Å². The Morgan fingerprint density at radius 3 is 1.50 bits per heavy atom. The Morgan fingerprint density at radius 1 is 0.889 bits per heavy atom. The molecule has 0 saturated carbocycles. The van der Waals surface area contributed by atoms with E-state index in [1.165, 1.54) is 21.5 Å². The Balaban J connectivity index is 0.000000174. The van der Waals surface area contributed by atoms with Gasteiger partial charge in [-0.1, -0.05) is 71.7 Å². The second-order valence-electron chi connectivity index (χ2n) is 3.83. The van der Waals surface area contributed by atoms with Crippen LogP contribution in [0.4, 0.5) is 0 Å². The lowest BCUT2D eigenvalue weighted by atomic mass is 10.00. The molecule has 0 aromatic heterocycles. The fourth-order valence-corrected chi connectivity index (χ4v) is 1.82. The van der Waals surface area contributed by atoms with E-state index in [0.29, 0.717) is 0 Å². The van der Waals surface area contributed by atoms with Crippen LogP contribution in [0.25, 0.3) is 21.5 Å². The van der Waals surface area contributed by atoms with Crippen LogP contribution in [0.1, 0.15) is 0 Å². The molecule has 0 unspecified atom stereocenters. The summed E-state index contributed by atoms with van der Waals surface area (Å²) in [6.45, 7) is 0. The molecule has 2 nitrogen and oxygen atoms in total. The molecular formula is C14H11Cl2NO. The summed E-state index contributed by atoms with van der Waals surface area (Å²) in [7, 11) is 0. The summed E-state index contributed by atoms with van der Waals surface area (Å²) < 4.78 is 0. The van der Waals surface area contributed by atoms with E-state index in [9.17, 15) is 4.79 Å². The van der Waals surface area contributed by atoms with Crippen molar-refractivity contribution in [3.63, 3.8) is 0 Å². The van der Waals surface area contributed by atoms with Crippen molar-refractivity contribution in [3.8, 4) is 0 Å². The Morgan fingerprint density at radius 2 is 1.22 bits per heavy atom. The van der Waals surface area contributed by atoms with Crippen LogP contribution in [-0.4, -0.2) is 10.7 Å². The van der Waals surface area contributed by atoms with E-state index in [0.717, 1.165) is 0 Å². The van der Waals surface area contributed by atoms with E-state index >= 15 is 0 Å². The molecular weight excluding hydrogens is 269 g/mol. The quantitative estimate of drug-likeness (QED) is 0.678. The van der Waals surface area contributed by atoms with E-state index in [2.05, 4.69) is 54.3 Å². The summed E-state index contributed by atoms with van der Waals surface area (Å²) in [4.78, 5) is 8.59. The predicted molar refractivity (Wildman–Crippen MR) is 77.3 cm³/mol. The number of carbonyl (C=O) groups is 1. The second kappa shape index (κ2) is 5.42. The number of carbonyl (C=O) groups excluding carboxylic acids is 1. The summed E-state index contributed by atoms with van der Waals surface area (Å²) in [5, 5.41) is 5.41. The zero-order valence-corrected chi connectivity index (χ0v) is 10.9. The molecule has 0 fully saturated rings. The third-order valence-electron chi connectivity index (χ3n) is 2.65. The van der Waals surface area contributed by atoms with Crippen molar-refractivity contribution in [2.75, 3.05) is 0 Å². The topological polar surface area (TPSA) is 43.1 Å². The van der Waals surface area contributed by atoms with Gasteiger partial charge in [0.25, 0.3) is 5.91 Å². The molecule has 0 aliphatic rings. The third kappa shape index (κ3) is 2.66. The smallest absolute Gasteiger partial charge is 0.250 e. The second-order valence-corrected chi connectivity index (χ2v) is 4.92. The normalized spacial score (nSPS) is 10.6. The van der Waals surface area contributed by atoms with Crippen molar-refractivity contribution < 1.29 is 4.79 Å². The molecule has 4 rings (SSSR count). The highest BCUT2D eigenvalue weighted by atomic mass is 35.5. The van der Waals surface area contributed by atoms with Gasteiger partial charge in [0.1, 0.15) is 0 Å². The number of primary amides is 1. The predicted octanol–water partition coefficient (Wildman–Crippen LogP) is 3.71. The zero-order valence-electron chi connectivity index (χ0n) is 9.44. The molecule has 2 bridgehead atoms. The SMILES string of the molecule is NC(=O)C(Cl)Cl.c1ccc2c3ccc(cc3)c2c1. The number of hydrogen-bond acceptors (Lipinski definition) is 1. The summed E-state index contributed by atoms with van der Waals surface area (Å²) in [6, 6.07) is 17.3. The fourth-order valence-electron chi connectivity index (χ4n) is 1.82. The summed E-state index contributed by atoms with van der Waals surface area (Å²) in [6.07, 6.45) is 0. The van der Waals surface area contributed by atoms with Gasteiger partial charge in [0, 0.05) is 0 Å². The van der Waals surface area contributed by atoms with Crippen LogP contribution in [0.15, 0.2) is 48.5 Å². The molecule has 4 aromatic rings. The van der Waals surface area contributed by atoms with Crippen molar-refractivity contribution in [1.82, 2.24) is 0 Å². The lowest BCUT2D eigenvalue weighted by molar-refractivity contribution is -0.116. The van der Waals surface area contributed by atoms with E-state index in [1.54, 1.807) is 0 Å². The number of hydrogen-bond donors (Lipinski definition) is 1. The molecule has 0 heterocycles. The number of amides is 1. The molecule has 0 spiro atoms. The Bertz CT molecular complexity index is 597. The molecule has 0 aliphatic carbocycles. The Kier molecular flexibility index (Phi) is 3.90. The molecule has 2 N–H and O–H groups in total. The monoisotopic (exact) mass is 279 g/mol. The van der Waals surface area contributed by atoms with Gasteiger partial charge in [0.2, 0.25) is 0 Å². The van der Waals surface area contributed by atoms with Gasteiger partial charge in [0.15, 0.2) is 4.84 Å². The molecule has 4 heteroatoms. The van der Waals surface area contributed by atoms with Gasteiger partial charge >= 0.3 is 0 Å². The summed E-state index contributed by atoms with van der Waals surface area (Å²) in [5.41, 5.74) is 4.53. The van der Waals surface area contributed by atoms with Gasteiger partial charge in [-0.05, 0) is 21.5 Å². The van der Waals surface area contributed by atoms with Gasteiger partial charge in [-0.3, -0.25) is 4.79 Å². The van der Waals surface area contributed by atoms with Gasteiger partial charge < -0.3 is 5.73 Å². The fraction of sp³-hybridized carbons (Fsp3) is 0.0714. The van der Waals surface area contributed by atoms with E-state index in [4.69, 9.17) is 23.2 Å². The average Bonchev–Trinajstić information content (AvgIpc) is 2.41. The van der Waals surface area contributed by atoms with Crippen LogP contribution in [0.3, 0.4) is 0 Å².